The van der Waals surface area contributed by atoms with Gasteiger partial charge in [0.15, 0.2) is 0 Å². The van der Waals surface area contributed by atoms with Crippen molar-refractivity contribution in [2.45, 2.75) is 102 Å². The Labute approximate surface area is 236 Å². The van der Waals surface area contributed by atoms with E-state index < -0.39 is 36.1 Å². The maximum absolute atomic E-state index is 12.4. The van der Waals surface area contributed by atoms with E-state index in [9.17, 15) is 23.7 Å². The molecule has 13 heteroatoms. The van der Waals surface area contributed by atoms with E-state index in [-0.39, 0.29) is 36.1 Å². The molecule has 2 fully saturated rings. The van der Waals surface area contributed by atoms with Crippen LogP contribution >= 0.6 is 15.8 Å². The molecule has 0 N–H and O–H groups in total. The van der Waals surface area contributed by atoms with Gasteiger partial charge in [-0.3, -0.25) is 0 Å². The molecule has 4 aliphatic rings. The largest absolute Gasteiger partial charge is 0 e. The molecule has 4 rings (SSSR count). The Balaban J connectivity index is 0.000000675. The van der Waals surface area contributed by atoms with Crippen LogP contribution in [0.1, 0.15) is 79.1 Å². The van der Waals surface area contributed by atoms with Crippen molar-refractivity contribution in [3.05, 3.63) is 34.9 Å². The van der Waals surface area contributed by atoms with Crippen LogP contribution in [0.15, 0.2) is 34.9 Å². The van der Waals surface area contributed by atoms with Crippen LogP contribution in [-0.2, 0) is 33.8 Å². The standard InChI is InChI=1S/C16H24O3P2.C8H12.6FH.Rh.Sb/c1-9-5-6-10(2)20(9)13-14(16(18)19-15(13)17)21-11(3)7-8-12(21)4;1-2-4-6-8-7-5-3-1;;;;;;;;/h9-12H,5-8H2,1-4H3;1-2,7-8H,3-6H2;6*1H;;/q;;;;;;;;;+5/p-6/b;2-1-,8-7-;;;;;;;;/t9-,10-,11-,12-;;;;;;;;;/m1........./s1. The van der Waals surface area contributed by atoms with Crippen molar-refractivity contribution in [3.63, 3.8) is 0 Å². The Morgan fingerprint density at radius 3 is 1.08 bits per heavy atom. The summed E-state index contributed by atoms with van der Waals surface area (Å²) in [7, 11) is -1.06. The van der Waals surface area contributed by atoms with Crippen molar-refractivity contribution >= 4 is 48.1 Å². The van der Waals surface area contributed by atoms with Crippen LogP contribution in [0.25, 0.3) is 0 Å². The summed E-state index contributed by atoms with van der Waals surface area (Å²) in [6.45, 7) is 8.96. The van der Waals surface area contributed by atoms with Crippen molar-refractivity contribution in [1.29, 1.82) is 0 Å². The van der Waals surface area contributed by atoms with Gasteiger partial charge in [0.2, 0.25) is 0 Å². The smallest absolute Gasteiger partial charge is 0 e. The zero-order valence-electron chi connectivity index (χ0n) is 21.4. The third kappa shape index (κ3) is 12.5. The average Bonchev–Trinajstić information content (AvgIpc) is 3.28. The molecule has 3 aliphatic heterocycles. The molecule has 0 aromatic rings. The Hall–Kier alpha value is 0.242. The van der Waals surface area contributed by atoms with Gasteiger partial charge in [0.05, 0.1) is 10.6 Å². The number of hydrogen-bond acceptors (Lipinski definition) is 3. The van der Waals surface area contributed by atoms with Crippen LogP contribution in [-0.4, -0.2) is 54.9 Å². The maximum atomic E-state index is 12.4. The Morgan fingerprint density at radius 2 is 0.865 bits per heavy atom. The number of ether oxygens (including phenoxy) is 1. The number of esters is 2. The van der Waals surface area contributed by atoms with Crippen LogP contribution in [0.4, 0.5) is 14.1 Å². The number of cyclic esters (lactones) is 2. The van der Waals surface area contributed by atoms with Crippen molar-refractivity contribution in [2.75, 3.05) is 0 Å². The van der Waals surface area contributed by atoms with Gasteiger partial charge in [-0.25, -0.2) is 9.59 Å². The monoisotopic (exact) mass is 772 g/mol. The summed E-state index contributed by atoms with van der Waals surface area (Å²) in [5.41, 5.74) is 2.17. The van der Waals surface area contributed by atoms with Crippen LogP contribution in [0, 0.1) is 0 Å². The molecule has 0 saturated carbocycles. The summed E-state index contributed by atoms with van der Waals surface area (Å²) in [6, 6.07) is 0. The average molecular weight is 773 g/mol. The van der Waals surface area contributed by atoms with E-state index in [4.69, 9.17) is 4.74 Å². The summed E-state index contributed by atoms with van der Waals surface area (Å²) in [4.78, 5) is 24.7. The van der Waals surface area contributed by atoms with Gasteiger partial charge >= 0.3 is 46.3 Å². The van der Waals surface area contributed by atoms with E-state index in [0.717, 1.165) is 10.6 Å². The first-order valence-corrected chi connectivity index (χ1v) is 19.9. The SMILES string of the molecule is C1=C\CC/C=C\CC/1.C[C@@H]1CC[C@@H](C)P1C1=C(P2[C@H](C)CC[C@H]2C)C(=O)OC1=O.[F-].[F][Sb]([F])([F])([F])[F].[Rh]. The van der Waals surface area contributed by atoms with E-state index in [2.05, 4.69) is 52.0 Å². The van der Waals surface area contributed by atoms with E-state index in [1.165, 1.54) is 51.4 Å². The number of halogens is 6. The zero-order chi connectivity index (χ0) is 26.4. The van der Waals surface area contributed by atoms with E-state index in [1.807, 2.05) is 0 Å². The van der Waals surface area contributed by atoms with Gasteiger partial charge in [-0.1, -0.05) is 67.8 Å². The maximum Gasteiger partial charge on any atom is 0 e. The van der Waals surface area contributed by atoms with Gasteiger partial charge in [-0.05, 0) is 74.0 Å². The molecule has 37 heavy (non-hydrogen) atoms. The van der Waals surface area contributed by atoms with E-state index >= 15 is 0 Å². The van der Waals surface area contributed by atoms with Crippen LogP contribution in [0.2, 0.25) is 0 Å². The molecule has 0 amide bonds. The van der Waals surface area contributed by atoms with E-state index in [0.29, 0.717) is 22.6 Å². The molecule has 4 atom stereocenters. The van der Waals surface area contributed by atoms with Crippen molar-refractivity contribution in [1.82, 2.24) is 0 Å². The predicted molar refractivity (Wildman–Crippen MR) is 136 cm³/mol. The zero-order valence-corrected chi connectivity index (χ0v) is 27.4. The molecule has 3 heterocycles. The summed E-state index contributed by atoms with van der Waals surface area (Å²) in [5, 5.41) is 1.67. The molecule has 3 nitrogen and oxygen atoms in total. The fraction of sp³-hybridized carbons (Fsp3) is 0.667. The predicted octanol–water partition coefficient (Wildman–Crippen LogP) is 5.78. The molecular formula is C24H36F6O3P2RhSb-. The second-order valence-corrected chi connectivity index (χ2v) is 19.2. The minimum absolute atomic E-state index is 0. The topological polar surface area (TPSA) is 43.4 Å². The first-order valence-electron chi connectivity index (χ1n) is 12.1. The Bertz CT molecular complexity index is 771. The number of rotatable bonds is 2. The van der Waals surface area contributed by atoms with Crippen molar-refractivity contribution < 1.29 is 52.6 Å². The van der Waals surface area contributed by atoms with Gasteiger partial charge in [-0.2, -0.15) is 0 Å². The van der Waals surface area contributed by atoms with Crippen molar-refractivity contribution in [3.8, 4) is 0 Å². The number of hydrogen-bond donors (Lipinski definition) is 0. The second kappa shape index (κ2) is 15.9. The van der Waals surface area contributed by atoms with Crippen LogP contribution < -0.4 is 4.70 Å². The van der Waals surface area contributed by atoms with Gasteiger partial charge in [0.1, 0.15) is 0 Å². The second-order valence-electron chi connectivity index (χ2n) is 9.48. The molecule has 1 radical (unpaired) electrons. The van der Waals surface area contributed by atoms with Crippen LogP contribution in [0.3, 0.4) is 0 Å². The Morgan fingerprint density at radius 1 is 0.649 bits per heavy atom. The van der Waals surface area contributed by atoms with Gasteiger partial charge in [0, 0.05) is 19.5 Å². The fourth-order valence-electron chi connectivity index (χ4n) is 4.96. The Kier molecular flexibility index (Phi) is 16.0. The minimum atomic E-state index is -9.19. The minimum Gasteiger partial charge on any atom is 0 e. The molecule has 0 aromatic carbocycles. The molecule has 0 bridgehead atoms. The molecule has 1 aliphatic carbocycles. The number of allylic oxidation sites excluding steroid dienone is 4. The van der Waals surface area contributed by atoms with Crippen molar-refractivity contribution in [2.24, 2.45) is 0 Å². The van der Waals surface area contributed by atoms with Gasteiger partial charge < -0.3 is 9.44 Å². The van der Waals surface area contributed by atoms with Gasteiger partial charge in [-0.15, -0.1) is 0 Å². The molecule has 0 unspecified atom stereocenters. The number of carbonyl (C=O) groups is 2. The quantitative estimate of drug-likeness (QED) is 0.0894. The van der Waals surface area contributed by atoms with Crippen LogP contribution in [0.5, 0.6) is 0 Å². The molecule has 0 aromatic heterocycles. The summed E-state index contributed by atoms with van der Waals surface area (Å²) < 4.78 is 54.6. The van der Waals surface area contributed by atoms with E-state index in [1.54, 1.807) is 0 Å². The number of carbonyl (C=O) groups excluding carboxylic acids is 2. The molecule has 0 spiro atoms. The van der Waals surface area contributed by atoms with Gasteiger partial charge in [0.25, 0.3) is 0 Å². The molecular weight excluding hydrogens is 737 g/mol. The fourth-order valence-corrected chi connectivity index (χ4v) is 12.0. The first-order chi connectivity index (χ1) is 16.1. The molecule has 2 saturated heterocycles. The third-order valence-electron chi connectivity index (χ3n) is 6.55. The summed E-state index contributed by atoms with van der Waals surface area (Å²) >= 11 is -9.19. The summed E-state index contributed by atoms with van der Waals surface area (Å²) in [5.74, 6) is -0.619. The normalized spacial score (nSPS) is 31.1. The summed E-state index contributed by atoms with van der Waals surface area (Å²) in [6.07, 6.45) is 18.7. The third-order valence-corrected chi connectivity index (χ3v) is 13.4. The first kappa shape index (κ1) is 37.2. The molecule has 217 valence electrons.